The highest BCUT2D eigenvalue weighted by atomic mass is 32.1. The van der Waals surface area contributed by atoms with Crippen molar-refractivity contribution in [3.05, 3.63) is 170 Å². The van der Waals surface area contributed by atoms with Crippen LogP contribution in [0.25, 0.3) is 53.6 Å². The Morgan fingerprint density at radius 2 is 1.05 bits per heavy atom. The molecule has 0 amide bonds. The molecule has 3 heteroatoms. The van der Waals surface area contributed by atoms with Gasteiger partial charge in [0, 0.05) is 34.3 Å². The summed E-state index contributed by atoms with van der Waals surface area (Å²) in [7, 11) is 0. The quantitative estimate of drug-likeness (QED) is 0.194. The first-order valence-electron chi connectivity index (χ1n) is 14.8. The summed E-state index contributed by atoms with van der Waals surface area (Å²) >= 11 is 1.78. The Hall–Kier alpha value is -5.51. The molecule has 2 aromatic heterocycles. The number of nitrogens with zero attached hydrogens (tertiary/aromatic N) is 2. The lowest BCUT2D eigenvalue weighted by molar-refractivity contribution is 1.28. The zero-order chi connectivity index (χ0) is 29.3. The standard InChI is InChI=1S/C41H28N2S/c1-2-7-29(8-3-1)30-13-19-35(20-14-30)43(37-23-17-33(18-24-37)40-27-34-25-26-42-28-41(34)44-40)36-21-15-32(16-22-36)39-12-6-10-31-9-4-5-11-38(31)39/h1-28H. The number of aromatic nitrogens is 1. The van der Waals surface area contributed by atoms with Crippen molar-refractivity contribution in [2.75, 3.05) is 4.90 Å². The van der Waals surface area contributed by atoms with Crippen molar-refractivity contribution in [1.29, 1.82) is 0 Å². The van der Waals surface area contributed by atoms with Gasteiger partial charge in [-0.15, -0.1) is 11.3 Å². The molecule has 0 saturated carbocycles. The van der Waals surface area contributed by atoms with Crippen LogP contribution in [-0.2, 0) is 0 Å². The summed E-state index contributed by atoms with van der Waals surface area (Å²) in [6, 6.07) is 56.7. The van der Waals surface area contributed by atoms with Gasteiger partial charge >= 0.3 is 0 Å². The van der Waals surface area contributed by atoms with Gasteiger partial charge in [-0.05, 0) is 92.5 Å². The molecule has 208 valence electrons. The Kier molecular flexibility index (Phi) is 6.71. The van der Waals surface area contributed by atoms with E-state index in [0.29, 0.717) is 0 Å². The summed E-state index contributed by atoms with van der Waals surface area (Å²) in [5, 5.41) is 3.75. The minimum atomic E-state index is 1.11. The molecule has 0 aliphatic carbocycles. The molecule has 2 nitrogen and oxygen atoms in total. The smallest absolute Gasteiger partial charge is 0.0532 e. The maximum Gasteiger partial charge on any atom is 0.0532 e. The Morgan fingerprint density at radius 3 is 1.75 bits per heavy atom. The molecule has 6 aromatic carbocycles. The van der Waals surface area contributed by atoms with Crippen LogP contribution in [-0.4, -0.2) is 4.98 Å². The number of hydrogen-bond donors (Lipinski definition) is 0. The largest absolute Gasteiger partial charge is 0.311 e. The molecular weight excluding hydrogens is 553 g/mol. The van der Waals surface area contributed by atoms with E-state index in [0.717, 1.165) is 17.1 Å². The van der Waals surface area contributed by atoms with Crippen molar-refractivity contribution < 1.29 is 0 Å². The normalized spacial score (nSPS) is 11.2. The Labute approximate surface area is 261 Å². The first-order valence-corrected chi connectivity index (χ1v) is 15.6. The van der Waals surface area contributed by atoms with E-state index in [1.54, 1.807) is 11.3 Å². The highest BCUT2D eigenvalue weighted by Gasteiger charge is 2.15. The van der Waals surface area contributed by atoms with Crippen LogP contribution in [0.3, 0.4) is 0 Å². The summed E-state index contributed by atoms with van der Waals surface area (Å²) in [6.07, 6.45) is 3.80. The number of hydrogen-bond acceptors (Lipinski definition) is 3. The SMILES string of the molecule is c1ccc(-c2ccc(N(c3ccc(-c4cc5ccncc5s4)cc3)c3ccc(-c4cccc5ccccc45)cc3)cc2)cc1. The van der Waals surface area contributed by atoms with E-state index in [9.17, 15) is 0 Å². The van der Waals surface area contributed by atoms with E-state index < -0.39 is 0 Å². The van der Waals surface area contributed by atoms with Crippen molar-refractivity contribution in [3.63, 3.8) is 0 Å². The molecule has 0 fully saturated rings. The lowest BCUT2D eigenvalue weighted by Gasteiger charge is -2.26. The van der Waals surface area contributed by atoms with E-state index in [1.165, 1.54) is 53.6 Å². The van der Waals surface area contributed by atoms with Gasteiger partial charge < -0.3 is 4.90 Å². The summed E-state index contributed by atoms with van der Waals surface area (Å²) < 4.78 is 1.21. The van der Waals surface area contributed by atoms with E-state index in [-0.39, 0.29) is 0 Å². The predicted octanol–water partition coefficient (Wildman–Crippen LogP) is 11.9. The molecule has 44 heavy (non-hydrogen) atoms. The van der Waals surface area contributed by atoms with E-state index in [2.05, 4.69) is 168 Å². The van der Waals surface area contributed by atoms with Crippen molar-refractivity contribution in [1.82, 2.24) is 4.98 Å². The van der Waals surface area contributed by atoms with Crippen molar-refractivity contribution in [3.8, 4) is 32.7 Å². The van der Waals surface area contributed by atoms with Crippen LogP contribution in [0.2, 0.25) is 0 Å². The van der Waals surface area contributed by atoms with Gasteiger partial charge in [-0.2, -0.15) is 0 Å². The van der Waals surface area contributed by atoms with Gasteiger partial charge in [0.1, 0.15) is 0 Å². The van der Waals surface area contributed by atoms with Crippen molar-refractivity contribution in [2.24, 2.45) is 0 Å². The van der Waals surface area contributed by atoms with Crippen LogP contribution < -0.4 is 4.90 Å². The lowest BCUT2D eigenvalue weighted by atomic mass is 9.98. The third kappa shape index (κ3) is 4.94. The minimum absolute atomic E-state index is 1.11. The highest BCUT2D eigenvalue weighted by Crippen LogP contribution is 2.39. The molecule has 0 spiro atoms. The van der Waals surface area contributed by atoms with Crippen LogP contribution in [0.5, 0.6) is 0 Å². The molecule has 0 atom stereocenters. The molecule has 0 bridgehead atoms. The number of thiophene rings is 1. The summed E-state index contributed by atoms with van der Waals surface area (Å²) in [5.74, 6) is 0. The topological polar surface area (TPSA) is 16.1 Å². The molecule has 2 heterocycles. The summed E-state index contributed by atoms with van der Waals surface area (Å²) in [4.78, 5) is 7.88. The second kappa shape index (κ2) is 11.3. The van der Waals surface area contributed by atoms with Crippen LogP contribution in [0.4, 0.5) is 17.1 Å². The van der Waals surface area contributed by atoms with Crippen LogP contribution in [0.1, 0.15) is 0 Å². The number of benzene rings is 6. The van der Waals surface area contributed by atoms with Gasteiger partial charge in [0.25, 0.3) is 0 Å². The van der Waals surface area contributed by atoms with Crippen molar-refractivity contribution >= 4 is 49.3 Å². The zero-order valence-corrected chi connectivity index (χ0v) is 24.8. The van der Waals surface area contributed by atoms with Gasteiger partial charge in [0.2, 0.25) is 0 Å². The fourth-order valence-electron chi connectivity index (χ4n) is 5.95. The number of rotatable bonds is 6. The predicted molar refractivity (Wildman–Crippen MR) is 188 cm³/mol. The van der Waals surface area contributed by atoms with Gasteiger partial charge in [0.15, 0.2) is 0 Å². The van der Waals surface area contributed by atoms with E-state index in [4.69, 9.17) is 0 Å². The zero-order valence-electron chi connectivity index (χ0n) is 24.0. The lowest BCUT2D eigenvalue weighted by Crippen LogP contribution is -2.09. The number of fused-ring (bicyclic) bond motifs is 2. The third-order valence-electron chi connectivity index (χ3n) is 8.19. The maximum absolute atomic E-state index is 4.29. The maximum atomic E-state index is 4.29. The Bertz CT molecular complexity index is 2160. The first-order chi connectivity index (χ1) is 21.8. The van der Waals surface area contributed by atoms with Crippen LogP contribution in [0.15, 0.2) is 170 Å². The van der Waals surface area contributed by atoms with Gasteiger partial charge in [0.05, 0.1) is 4.70 Å². The van der Waals surface area contributed by atoms with E-state index in [1.807, 2.05) is 12.4 Å². The fraction of sp³-hybridized carbons (Fsp3) is 0. The summed E-state index contributed by atoms with van der Waals surface area (Å²) in [6.45, 7) is 0. The number of anilines is 3. The van der Waals surface area contributed by atoms with Crippen LogP contribution >= 0.6 is 11.3 Å². The molecule has 0 saturated heterocycles. The molecule has 0 aliphatic heterocycles. The second-order valence-electron chi connectivity index (χ2n) is 10.9. The molecule has 0 N–H and O–H groups in total. The fourth-order valence-corrected chi connectivity index (χ4v) is 6.98. The summed E-state index contributed by atoms with van der Waals surface area (Å²) in [5.41, 5.74) is 9.42. The molecular formula is C41H28N2S. The molecule has 8 rings (SSSR count). The molecule has 0 radical (unpaired) electrons. The average molecular weight is 581 g/mol. The highest BCUT2D eigenvalue weighted by molar-refractivity contribution is 7.22. The van der Waals surface area contributed by atoms with Gasteiger partial charge in [-0.1, -0.05) is 109 Å². The number of pyridine rings is 1. The molecule has 0 aliphatic rings. The second-order valence-corrected chi connectivity index (χ2v) is 12.0. The Balaban J connectivity index is 1.18. The minimum Gasteiger partial charge on any atom is -0.311 e. The van der Waals surface area contributed by atoms with E-state index >= 15 is 0 Å². The van der Waals surface area contributed by atoms with Gasteiger partial charge in [-0.3, -0.25) is 4.98 Å². The first kappa shape index (κ1) is 26.1. The molecule has 0 unspecified atom stereocenters. The van der Waals surface area contributed by atoms with Crippen LogP contribution in [0, 0.1) is 0 Å². The molecule has 8 aromatic rings. The third-order valence-corrected chi connectivity index (χ3v) is 9.33. The monoisotopic (exact) mass is 580 g/mol. The van der Waals surface area contributed by atoms with Gasteiger partial charge in [-0.25, -0.2) is 0 Å². The van der Waals surface area contributed by atoms with Crippen molar-refractivity contribution in [2.45, 2.75) is 0 Å². The Morgan fingerprint density at radius 1 is 0.455 bits per heavy atom. The average Bonchev–Trinajstić information content (AvgIpc) is 3.54.